The molecule has 2 N–H and O–H groups in total. The van der Waals surface area contributed by atoms with Crippen molar-refractivity contribution in [1.82, 2.24) is 9.88 Å². The van der Waals surface area contributed by atoms with Crippen molar-refractivity contribution in [2.75, 3.05) is 39.4 Å². The van der Waals surface area contributed by atoms with Crippen molar-refractivity contribution >= 4 is 16.8 Å². The average Bonchev–Trinajstić information content (AvgIpc) is 2.77. The van der Waals surface area contributed by atoms with Crippen LogP contribution in [0.4, 0.5) is 0 Å². The van der Waals surface area contributed by atoms with Crippen LogP contribution in [0, 0.1) is 6.92 Å². The number of aryl methyl sites for hydroxylation is 1. The van der Waals surface area contributed by atoms with Crippen molar-refractivity contribution in [1.29, 1.82) is 0 Å². The van der Waals surface area contributed by atoms with E-state index in [-0.39, 0.29) is 11.5 Å². The van der Waals surface area contributed by atoms with Gasteiger partial charge in [-0.1, -0.05) is 48.0 Å². The van der Waals surface area contributed by atoms with Crippen LogP contribution in [0.15, 0.2) is 59.4 Å². The summed E-state index contributed by atoms with van der Waals surface area (Å²) in [7, 11) is 0. The summed E-state index contributed by atoms with van der Waals surface area (Å²) in [6, 6.07) is 17.2. The van der Waals surface area contributed by atoms with Crippen molar-refractivity contribution < 1.29 is 14.4 Å². The minimum Gasteiger partial charge on any atom is -0.370 e. The summed E-state index contributed by atoms with van der Waals surface area (Å²) in [5.74, 6) is -0.196. The zero-order valence-corrected chi connectivity index (χ0v) is 17.3. The highest BCUT2D eigenvalue weighted by Crippen LogP contribution is 2.18. The fourth-order valence-electron chi connectivity index (χ4n) is 3.92. The normalized spacial score (nSPS) is 14.7. The van der Waals surface area contributed by atoms with Crippen LogP contribution in [-0.4, -0.2) is 49.9 Å². The number of benzene rings is 2. The van der Waals surface area contributed by atoms with E-state index in [9.17, 15) is 9.59 Å². The van der Waals surface area contributed by atoms with Gasteiger partial charge in [-0.25, -0.2) is 0 Å². The molecule has 1 aromatic heterocycles. The monoisotopic (exact) mass is 406 g/mol. The SMILES string of the molecule is Cc1ccc(Cn2c(=O)cc(C(=O)NCC[NH+]3CCOCC3)c3ccccc32)cc1. The first kappa shape index (κ1) is 20.3. The Labute approximate surface area is 176 Å². The number of hydrogen-bond donors (Lipinski definition) is 2. The molecule has 0 aliphatic carbocycles. The van der Waals surface area contributed by atoms with Gasteiger partial charge in [-0.3, -0.25) is 9.59 Å². The summed E-state index contributed by atoms with van der Waals surface area (Å²) in [6.45, 7) is 7.43. The van der Waals surface area contributed by atoms with Crippen LogP contribution in [0.2, 0.25) is 0 Å². The third-order valence-electron chi connectivity index (χ3n) is 5.69. The first-order chi connectivity index (χ1) is 14.6. The quantitative estimate of drug-likeness (QED) is 0.642. The van der Waals surface area contributed by atoms with Crippen LogP contribution < -0.4 is 15.8 Å². The Bertz CT molecular complexity index is 1080. The fraction of sp³-hybridized carbons (Fsp3) is 0.333. The molecule has 156 valence electrons. The Morgan fingerprint density at radius 2 is 1.83 bits per heavy atom. The highest BCUT2D eigenvalue weighted by molar-refractivity contribution is 6.06. The third-order valence-corrected chi connectivity index (χ3v) is 5.69. The number of quaternary nitrogens is 1. The van der Waals surface area contributed by atoms with Gasteiger partial charge in [0.05, 0.1) is 43.9 Å². The van der Waals surface area contributed by atoms with Gasteiger partial charge in [0.2, 0.25) is 0 Å². The molecule has 1 aliphatic heterocycles. The number of fused-ring (bicyclic) bond motifs is 1. The maximum Gasteiger partial charge on any atom is 0.252 e. The van der Waals surface area contributed by atoms with Crippen molar-refractivity contribution in [3.05, 3.63) is 81.6 Å². The molecule has 1 aliphatic rings. The zero-order chi connectivity index (χ0) is 20.9. The average molecular weight is 407 g/mol. The lowest BCUT2D eigenvalue weighted by molar-refractivity contribution is -0.906. The Kier molecular flexibility index (Phi) is 6.26. The number of amides is 1. The number of ether oxygens (including phenoxy) is 1. The van der Waals surface area contributed by atoms with E-state index in [0.29, 0.717) is 18.7 Å². The predicted molar refractivity (Wildman–Crippen MR) is 117 cm³/mol. The van der Waals surface area contributed by atoms with E-state index < -0.39 is 0 Å². The predicted octanol–water partition coefficient (Wildman–Crippen LogP) is 1.00. The molecule has 0 atom stereocenters. The molecule has 0 bridgehead atoms. The topological polar surface area (TPSA) is 64.8 Å². The van der Waals surface area contributed by atoms with Crippen LogP contribution in [0.3, 0.4) is 0 Å². The van der Waals surface area contributed by atoms with Crippen LogP contribution in [0.1, 0.15) is 21.5 Å². The van der Waals surface area contributed by atoms with Gasteiger partial charge in [0.25, 0.3) is 11.5 Å². The molecule has 6 heteroatoms. The molecular weight excluding hydrogens is 378 g/mol. The summed E-state index contributed by atoms with van der Waals surface area (Å²) >= 11 is 0. The number of rotatable bonds is 6. The number of nitrogens with one attached hydrogen (secondary N) is 2. The second-order valence-corrected chi connectivity index (χ2v) is 7.85. The molecule has 30 heavy (non-hydrogen) atoms. The van der Waals surface area contributed by atoms with E-state index in [1.807, 2.05) is 55.5 Å². The number of para-hydroxylation sites is 1. The molecule has 3 aromatic rings. The van der Waals surface area contributed by atoms with Gasteiger partial charge in [0.1, 0.15) is 13.1 Å². The Morgan fingerprint density at radius 3 is 2.60 bits per heavy atom. The van der Waals surface area contributed by atoms with E-state index in [1.165, 1.54) is 16.5 Å². The molecule has 0 spiro atoms. The lowest BCUT2D eigenvalue weighted by Crippen LogP contribution is -3.14. The minimum atomic E-state index is -0.196. The number of aromatic nitrogens is 1. The van der Waals surface area contributed by atoms with Gasteiger partial charge in [-0.05, 0) is 18.6 Å². The highest BCUT2D eigenvalue weighted by atomic mass is 16.5. The summed E-state index contributed by atoms with van der Waals surface area (Å²) in [4.78, 5) is 27.2. The molecule has 2 aromatic carbocycles. The Hall–Kier alpha value is -2.96. The number of nitrogens with zero attached hydrogens (tertiary/aromatic N) is 1. The Morgan fingerprint density at radius 1 is 1.10 bits per heavy atom. The number of carbonyl (C=O) groups excluding carboxylic acids is 1. The molecule has 1 fully saturated rings. The standard InChI is InChI=1S/C24H27N3O3/c1-18-6-8-19(9-7-18)17-27-22-5-3-2-4-20(22)21(16-23(27)28)24(29)25-10-11-26-12-14-30-15-13-26/h2-9,16H,10-15,17H2,1H3,(H,25,29)/p+1. The largest absolute Gasteiger partial charge is 0.370 e. The van der Waals surface area contributed by atoms with Crippen LogP contribution in [0.5, 0.6) is 0 Å². The summed E-state index contributed by atoms with van der Waals surface area (Å²) < 4.78 is 7.10. The molecule has 0 saturated carbocycles. The molecule has 1 amide bonds. The molecule has 4 rings (SSSR count). The van der Waals surface area contributed by atoms with E-state index in [0.717, 1.165) is 49.3 Å². The maximum atomic E-state index is 12.9. The second-order valence-electron chi connectivity index (χ2n) is 7.85. The van der Waals surface area contributed by atoms with Crippen molar-refractivity contribution in [2.45, 2.75) is 13.5 Å². The van der Waals surface area contributed by atoms with E-state index >= 15 is 0 Å². The van der Waals surface area contributed by atoms with Crippen molar-refractivity contribution in [2.24, 2.45) is 0 Å². The maximum absolute atomic E-state index is 12.9. The van der Waals surface area contributed by atoms with Gasteiger partial charge in [-0.15, -0.1) is 0 Å². The lowest BCUT2D eigenvalue weighted by Gasteiger charge is -2.23. The first-order valence-corrected chi connectivity index (χ1v) is 10.5. The molecule has 0 radical (unpaired) electrons. The summed E-state index contributed by atoms with van der Waals surface area (Å²) in [6.07, 6.45) is 0. The molecule has 6 nitrogen and oxygen atoms in total. The third kappa shape index (κ3) is 4.61. The fourth-order valence-corrected chi connectivity index (χ4v) is 3.92. The van der Waals surface area contributed by atoms with Gasteiger partial charge in [-0.2, -0.15) is 0 Å². The number of pyridine rings is 1. The second kappa shape index (κ2) is 9.24. The first-order valence-electron chi connectivity index (χ1n) is 10.5. The van der Waals surface area contributed by atoms with Crippen molar-refractivity contribution in [3.8, 4) is 0 Å². The van der Waals surface area contributed by atoms with Crippen LogP contribution in [0.25, 0.3) is 10.9 Å². The number of morpholine rings is 1. The lowest BCUT2D eigenvalue weighted by atomic mass is 10.1. The molecule has 1 saturated heterocycles. The zero-order valence-electron chi connectivity index (χ0n) is 17.3. The Balaban J connectivity index is 1.56. The van der Waals surface area contributed by atoms with E-state index in [4.69, 9.17) is 4.74 Å². The minimum absolute atomic E-state index is 0.168. The molecular formula is C24H28N3O3+. The molecule has 2 heterocycles. The van der Waals surface area contributed by atoms with Gasteiger partial charge < -0.3 is 19.5 Å². The van der Waals surface area contributed by atoms with Crippen molar-refractivity contribution in [3.63, 3.8) is 0 Å². The van der Waals surface area contributed by atoms with Crippen LogP contribution in [-0.2, 0) is 11.3 Å². The van der Waals surface area contributed by atoms with Gasteiger partial charge in [0.15, 0.2) is 0 Å². The highest BCUT2D eigenvalue weighted by Gasteiger charge is 2.17. The summed E-state index contributed by atoms with van der Waals surface area (Å²) in [5, 5.41) is 3.78. The smallest absolute Gasteiger partial charge is 0.252 e. The van der Waals surface area contributed by atoms with E-state index in [2.05, 4.69) is 5.32 Å². The van der Waals surface area contributed by atoms with Gasteiger partial charge >= 0.3 is 0 Å². The summed E-state index contributed by atoms with van der Waals surface area (Å²) in [5.41, 5.74) is 3.28. The number of carbonyl (C=O) groups is 1. The van der Waals surface area contributed by atoms with Crippen LogP contribution >= 0.6 is 0 Å². The van der Waals surface area contributed by atoms with Gasteiger partial charge in [0, 0.05) is 11.5 Å². The van der Waals surface area contributed by atoms with E-state index in [1.54, 1.807) is 4.57 Å². The molecule has 0 unspecified atom stereocenters. The number of hydrogen-bond acceptors (Lipinski definition) is 3.